The Morgan fingerprint density at radius 1 is 1.33 bits per heavy atom. The van der Waals surface area contributed by atoms with Gasteiger partial charge in [-0.25, -0.2) is 4.98 Å². The Hall–Kier alpha value is -1.26. The van der Waals surface area contributed by atoms with Crippen molar-refractivity contribution in [3.05, 3.63) is 24.0 Å². The number of hydrogen-bond acceptors (Lipinski definition) is 3. The molecule has 0 saturated carbocycles. The molecule has 0 aliphatic carbocycles. The Bertz CT molecular complexity index is 619. The molecule has 0 bridgehead atoms. The summed E-state index contributed by atoms with van der Waals surface area (Å²) in [7, 11) is 5.86. The number of aromatic nitrogens is 2. The van der Waals surface area contributed by atoms with Crippen LogP contribution >= 0.6 is 11.6 Å². The molecule has 2 rings (SSSR count). The molecule has 0 unspecified atom stereocenters. The molecule has 1 aromatic carbocycles. The molecule has 0 aliphatic heterocycles. The zero-order valence-electron chi connectivity index (χ0n) is 13.5. The van der Waals surface area contributed by atoms with Crippen LogP contribution in [0.3, 0.4) is 0 Å². The fraction of sp³-hybridized carbons (Fsp3) is 0.562. The van der Waals surface area contributed by atoms with Gasteiger partial charge in [-0.1, -0.05) is 19.9 Å². The monoisotopic (exact) mass is 309 g/mol. The number of rotatable bonds is 6. The fourth-order valence-electron chi connectivity index (χ4n) is 2.95. The van der Waals surface area contributed by atoms with Crippen LogP contribution < -0.4 is 4.74 Å². The van der Waals surface area contributed by atoms with Gasteiger partial charge in [0.05, 0.1) is 18.5 Å². The van der Waals surface area contributed by atoms with Crippen molar-refractivity contribution in [3.63, 3.8) is 0 Å². The van der Waals surface area contributed by atoms with Crippen LogP contribution in [-0.4, -0.2) is 42.2 Å². The second kappa shape index (κ2) is 6.24. The van der Waals surface area contributed by atoms with Gasteiger partial charge in [-0.15, -0.1) is 11.6 Å². The third-order valence-electron chi connectivity index (χ3n) is 3.49. The van der Waals surface area contributed by atoms with E-state index in [4.69, 9.17) is 16.3 Å². The van der Waals surface area contributed by atoms with Gasteiger partial charge >= 0.3 is 0 Å². The predicted molar refractivity (Wildman–Crippen MR) is 88.2 cm³/mol. The smallest absolute Gasteiger partial charge is 0.146 e. The average Bonchev–Trinajstić information content (AvgIpc) is 2.74. The Labute approximate surface area is 131 Å². The molecule has 116 valence electrons. The highest BCUT2D eigenvalue weighted by Gasteiger charge is 2.23. The molecule has 4 nitrogen and oxygen atoms in total. The van der Waals surface area contributed by atoms with Crippen molar-refractivity contribution in [1.82, 2.24) is 14.5 Å². The Kier molecular flexibility index (Phi) is 4.79. The highest BCUT2D eigenvalue weighted by molar-refractivity contribution is 6.16. The Balaban J connectivity index is 2.47. The van der Waals surface area contributed by atoms with E-state index in [-0.39, 0.29) is 5.41 Å². The van der Waals surface area contributed by atoms with E-state index in [0.29, 0.717) is 5.88 Å². The van der Waals surface area contributed by atoms with Crippen LogP contribution in [0.2, 0.25) is 0 Å². The molecule has 1 heterocycles. The summed E-state index contributed by atoms with van der Waals surface area (Å²) >= 11 is 6.10. The van der Waals surface area contributed by atoms with E-state index in [1.54, 1.807) is 7.11 Å². The van der Waals surface area contributed by atoms with Crippen LogP contribution in [0.4, 0.5) is 0 Å². The fourth-order valence-corrected chi connectivity index (χ4v) is 3.15. The van der Waals surface area contributed by atoms with Gasteiger partial charge in [0.15, 0.2) is 0 Å². The number of ether oxygens (including phenoxy) is 1. The first-order chi connectivity index (χ1) is 9.88. The first-order valence-electron chi connectivity index (χ1n) is 7.11. The lowest BCUT2D eigenvalue weighted by Gasteiger charge is -2.29. The van der Waals surface area contributed by atoms with Crippen molar-refractivity contribution in [2.45, 2.75) is 26.3 Å². The molecule has 1 aromatic heterocycles. The zero-order valence-corrected chi connectivity index (χ0v) is 14.2. The number of hydrogen-bond donors (Lipinski definition) is 0. The summed E-state index contributed by atoms with van der Waals surface area (Å²) in [4.78, 5) is 6.87. The minimum absolute atomic E-state index is 0.126. The molecule has 21 heavy (non-hydrogen) atoms. The zero-order chi connectivity index (χ0) is 15.6. The molecular weight excluding hydrogens is 286 g/mol. The van der Waals surface area contributed by atoms with Crippen molar-refractivity contribution in [3.8, 4) is 5.75 Å². The normalized spacial score (nSPS) is 12.3. The third kappa shape index (κ3) is 3.50. The number of halogens is 1. The third-order valence-corrected chi connectivity index (χ3v) is 3.73. The van der Waals surface area contributed by atoms with E-state index < -0.39 is 0 Å². The van der Waals surface area contributed by atoms with Gasteiger partial charge < -0.3 is 14.2 Å². The largest absolute Gasteiger partial charge is 0.494 e. The molecular formula is C16H24ClN3O. The van der Waals surface area contributed by atoms with E-state index >= 15 is 0 Å². The summed E-state index contributed by atoms with van der Waals surface area (Å²) in [5.74, 6) is 2.08. The highest BCUT2D eigenvalue weighted by atomic mass is 35.5. The van der Waals surface area contributed by atoms with Gasteiger partial charge in [0.2, 0.25) is 0 Å². The average molecular weight is 310 g/mol. The van der Waals surface area contributed by atoms with E-state index in [9.17, 15) is 0 Å². The van der Waals surface area contributed by atoms with Crippen molar-refractivity contribution in [2.24, 2.45) is 5.41 Å². The number of nitrogens with zero attached hydrogens (tertiary/aromatic N) is 3. The second-order valence-corrected chi connectivity index (χ2v) is 6.75. The number of alkyl halides is 1. The highest BCUT2D eigenvalue weighted by Crippen LogP contribution is 2.29. The maximum atomic E-state index is 6.10. The van der Waals surface area contributed by atoms with Crippen LogP contribution in [0.1, 0.15) is 19.7 Å². The minimum atomic E-state index is 0.126. The van der Waals surface area contributed by atoms with Crippen LogP contribution in [0.5, 0.6) is 5.75 Å². The van der Waals surface area contributed by atoms with Gasteiger partial charge in [0, 0.05) is 13.1 Å². The van der Waals surface area contributed by atoms with E-state index in [1.807, 2.05) is 12.1 Å². The van der Waals surface area contributed by atoms with E-state index in [2.05, 4.69) is 48.5 Å². The summed E-state index contributed by atoms with van der Waals surface area (Å²) in [5.41, 5.74) is 2.09. The van der Waals surface area contributed by atoms with Crippen LogP contribution in [0.15, 0.2) is 18.2 Å². The summed E-state index contributed by atoms with van der Waals surface area (Å²) < 4.78 is 7.62. The molecule has 0 radical (unpaired) electrons. The van der Waals surface area contributed by atoms with Crippen molar-refractivity contribution < 1.29 is 4.74 Å². The molecule has 0 fully saturated rings. The SMILES string of the molecule is COc1cccc2c1nc(CCl)n2CC(C)(C)CN(C)C. The molecule has 0 aliphatic rings. The van der Waals surface area contributed by atoms with Crippen LogP contribution in [-0.2, 0) is 12.4 Å². The molecule has 0 saturated heterocycles. The molecule has 0 spiro atoms. The summed E-state index contributed by atoms with van der Waals surface area (Å²) in [6.07, 6.45) is 0. The maximum Gasteiger partial charge on any atom is 0.146 e. The molecule has 0 amide bonds. The lowest BCUT2D eigenvalue weighted by atomic mass is 9.92. The molecule has 2 aromatic rings. The van der Waals surface area contributed by atoms with Gasteiger partial charge in [-0.3, -0.25) is 0 Å². The number of para-hydroxylation sites is 1. The van der Waals surface area contributed by atoms with Crippen molar-refractivity contribution in [1.29, 1.82) is 0 Å². The maximum absolute atomic E-state index is 6.10. The lowest BCUT2D eigenvalue weighted by molar-refractivity contribution is 0.212. The first-order valence-corrected chi connectivity index (χ1v) is 7.64. The topological polar surface area (TPSA) is 30.3 Å². The number of imidazole rings is 1. The summed E-state index contributed by atoms with van der Waals surface area (Å²) in [6.45, 7) is 6.39. The first kappa shape index (κ1) is 16.1. The second-order valence-electron chi connectivity index (χ2n) is 6.48. The van der Waals surface area contributed by atoms with Gasteiger partial charge in [-0.2, -0.15) is 0 Å². The van der Waals surface area contributed by atoms with Crippen molar-refractivity contribution in [2.75, 3.05) is 27.7 Å². The standard InChI is InChI=1S/C16H24ClN3O/c1-16(2,10-19(3)4)11-20-12-7-6-8-13(21-5)15(12)18-14(20)9-17/h6-8H,9-11H2,1-5H3. The summed E-state index contributed by atoms with van der Waals surface area (Å²) in [5, 5.41) is 0. The predicted octanol–water partition coefficient (Wildman–Crippen LogP) is 3.37. The van der Waals surface area contributed by atoms with Crippen molar-refractivity contribution >= 4 is 22.6 Å². The summed E-state index contributed by atoms with van der Waals surface area (Å²) in [6, 6.07) is 6.01. The van der Waals surface area contributed by atoms with Gasteiger partial charge in [0.25, 0.3) is 0 Å². The van der Waals surface area contributed by atoms with E-state index in [1.165, 1.54) is 0 Å². The lowest BCUT2D eigenvalue weighted by Crippen LogP contribution is -2.32. The van der Waals surface area contributed by atoms with Gasteiger partial charge in [0.1, 0.15) is 17.1 Å². The number of methoxy groups -OCH3 is 1. The Morgan fingerprint density at radius 2 is 2.05 bits per heavy atom. The quantitative estimate of drug-likeness (QED) is 0.766. The molecule has 5 heteroatoms. The minimum Gasteiger partial charge on any atom is -0.494 e. The van der Waals surface area contributed by atoms with Crippen LogP contribution in [0, 0.1) is 5.41 Å². The number of benzene rings is 1. The molecule has 0 atom stereocenters. The molecule has 0 N–H and O–H groups in total. The van der Waals surface area contributed by atoms with E-state index in [0.717, 1.165) is 35.7 Å². The van der Waals surface area contributed by atoms with Gasteiger partial charge in [-0.05, 0) is 31.6 Å². The number of fused-ring (bicyclic) bond motifs is 1. The Morgan fingerprint density at radius 3 is 2.62 bits per heavy atom. The van der Waals surface area contributed by atoms with Crippen LogP contribution in [0.25, 0.3) is 11.0 Å².